The van der Waals surface area contributed by atoms with Crippen molar-refractivity contribution in [1.29, 1.82) is 0 Å². The predicted molar refractivity (Wildman–Crippen MR) is 125 cm³/mol. The van der Waals surface area contributed by atoms with Gasteiger partial charge in [0, 0.05) is 39.5 Å². The molecule has 0 heterocycles. The summed E-state index contributed by atoms with van der Waals surface area (Å²) in [6.07, 6.45) is 5.26. The molecule has 0 aliphatic carbocycles. The third kappa shape index (κ3) is 15.9. The summed E-state index contributed by atoms with van der Waals surface area (Å²) in [7, 11) is 0. The van der Waals surface area contributed by atoms with E-state index in [1.54, 1.807) is 0 Å². The van der Waals surface area contributed by atoms with Crippen LogP contribution in [-0.4, -0.2) is 52.0 Å². The van der Waals surface area contributed by atoms with Crippen molar-refractivity contribution in [2.24, 2.45) is 4.99 Å². The first-order chi connectivity index (χ1) is 12.9. The van der Waals surface area contributed by atoms with Gasteiger partial charge < -0.3 is 20.1 Å². The zero-order valence-electron chi connectivity index (χ0n) is 17.0. The lowest BCUT2D eigenvalue weighted by Gasteiger charge is -2.11. The summed E-state index contributed by atoms with van der Waals surface area (Å²) in [6.45, 7) is 10.0. The zero-order valence-corrected chi connectivity index (χ0v) is 19.4. The smallest absolute Gasteiger partial charge is 0.191 e. The Morgan fingerprint density at radius 1 is 0.889 bits per heavy atom. The highest BCUT2D eigenvalue weighted by Crippen LogP contribution is 2.00. The molecule has 0 aliphatic rings. The maximum absolute atomic E-state index is 5.72. The highest BCUT2D eigenvalue weighted by atomic mass is 127. The summed E-state index contributed by atoms with van der Waals surface area (Å²) in [5, 5.41) is 6.68. The van der Waals surface area contributed by atoms with Crippen LogP contribution >= 0.6 is 24.0 Å². The standard InChI is InChI=1S/C21H37N3O2.HI/c1-3-22-21(23-15-8-10-17-25-4-2)24-16-9-11-18-26-19-14-20-12-6-5-7-13-20;/h5-7,12-13H,3-4,8-11,14-19H2,1-2H3,(H2,22,23,24);1H. The molecule has 1 aromatic rings. The average molecular weight is 491 g/mol. The molecule has 0 aliphatic heterocycles. The Bertz CT molecular complexity index is 458. The fraction of sp³-hybridized carbons (Fsp3) is 0.667. The number of hydrogen-bond donors (Lipinski definition) is 2. The molecule has 0 aromatic heterocycles. The van der Waals surface area contributed by atoms with E-state index in [4.69, 9.17) is 9.47 Å². The van der Waals surface area contributed by atoms with Gasteiger partial charge in [0.2, 0.25) is 0 Å². The van der Waals surface area contributed by atoms with Crippen LogP contribution in [0.5, 0.6) is 0 Å². The summed E-state index contributed by atoms with van der Waals surface area (Å²) >= 11 is 0. The molecule has 0 amide bonds. The normalized spacial score (nSPS) is 11.1. The maximum atomic E-state index is 5.72. The molecule has 0 spiro atoms. The van der Waals surface area contributed by atoms with E-state index >= 15 is 0 Å². The average Bonchev–Trinajstić information content (AvgIpc) is 2.67. The van der Waals surface area contributed by atoms with Crippen LogP contribution < -0.4 is 10.6 Å². The van der Waals surface area contributed by atoms with Gasteiger partial charge in [0.15, 0.2) is 5.96 Å². The molecule has 1 rings (SSSR count). The van der Waals surface area contributed by atoms with Crippen molar-refractivity contribution in [2.45, 2.75) is 46.0 Å². The summed E-state index contributed by atoms with van der Waals surface area (Å²) in [4.78, 5) is 4.60. The van der Waals surface area contributed by atoms with Crippen LogP contribution in [0.2, 0.25) is 0 Å². The molecule has 0 saturated heterocycles. The number of halogens is 1. The van der Waals surface area contributed by atoms with Crippen LogP contribution in [0.15, 0.2) is 35.3 Å². The lowest BCUT2D eigenvalue weighted by atomic mass is 10.2. The van der Waals surface area contributed by atoms with Gasteiger partial charge in [-0.1, -0.05) is 30.3 Å². The SMILES string of the molecule is CCNC(=NCCCCOCC)NCCCCOCCc1ccccc1.I. The highest BCUT2D eigenvalue weighted by Gasteiger charge is 1.97. The fourth-order valence-electron chi connectivity index (χ4n) is 2.47. The van der Waals surface area contributed by atoms with Crippen LogP contribution in [0.3, 0.4) is 0 Å². The van der Waals surface area contributed by atoms with E-state index in [1.807, 2.05) is 13.0 Å². The number of nitrogens with one attached hydrogen (secondary N) is 2. The van der Waals surface area contributed by atoms with Crippen LogP contribution in [0.4, 0.5) is 0 Å². The maximum Gasteiger partial charge on any atom is 0.191 e. The molecule has 156 valence electrons. The van der Waals surface area contributed by atoms with Gasteiger partial charge in [0.25, 0.3) is 0 Å². The van der Waals surface area contributed by atoms with Gasteiger partial charge in [0.05, 0.1) is 6.61 Å². The van der Waals surface area contributed by atoms with Crippen molar-refractivity contribution in [3.8, 4) is 0 Å². The number of ether oxygens (including phenoxy) is 2. The van der Waals surface area contributed by atoms with Crippen LogP contribution in [-0.2, 0) is 15.9 Å². The molecular formula is C21H38IN3O2. The third-order valence-corrected chi connectivity index (χ3v) is 3.90. The van der Waals surface area contributed by atoms with Crippen molar-refractivity contribution in [2.75, 3.05) is 46.1 Å². The quantitative estimate of drug-likeness (QED) is 0.169. The van der Waals surface area contributed by atoms with E-state index in [9.17, 15) is 0 Å². The van der Waals surface area contributed by atoms with E-state index < -0.39 is 0 Å². The molecule has 0 saturated carbocycles. The molecule has 6 heteroatoms. The van der Waals surface area contributed by atoms with Crippen molar-refractivity contribution < 1.29 is 9.47 Å². The lowest BCUT2D eigenvalue weighted by Crippen LogP contribution is -2.38. The van der Waals surface area contributed by atoms with Crippen molar-refractivity contribution in [1.82, 2.24) is 10.6 Å². The summed E-state index contributed by atoms with van der Waals surface area (Å²) in [5.41, 5.74) is 1.34. The molecule has 27 heavy (non-hydrogen) atoms. The van der Waals surface area contributed by atoms with E-state index in [1.165, 1.54) is 5.56 Å². The second kappa shape index (κ2) is 19.9. The van der Waals surface area contributed by atoms with Gasteiger partial charge in [-0.25, -0.2) is 0 Å². The van der Waals surface area contributed by atoms with Gasteiger partial charge in [-0.05, 0) is 51.5 Å². The molecule has 2 N–H and O–H groups in total. The van der Waals surface area contributed by atoms with E-state index in [-0.39, 0.29) is 24.0 Å². The minimum Gasteiger partial charge on any atom is -0.382 e. The summed E-state index contributed by atoms with van der Waals surface area (Å²) < 4.78 is 11.1. The largest absolute Gasteiger partial charge is 0.382 e. The first kappa shape index (κ1) is 26.1. The number of rotatable bonds is 15. The lowest BCUT2D eigenvalue weighted by molar-refractivity contribution is 0.133. The second-order valence-corrected chi connectivity index (χ2v) is 6.15. The number of guanidine groups is 1. The number of unbranched alkanes of at least 4 members (excludes halogenated alkanes) is 2. The number of hydrogen-bond acceptors (Lipinski definition) is 3. The van der Waals surface area contributed by atoms with E-state index in [0.29, 0.717) is 0 Å². The Balaban J connectivity index is 0.00000676. The molecule has 0 bridgehead atoms. The minimum atomic E-state index is 0. The van der Waals surface area contributed by atoms with Crippen LogP contribution in [0, 0.1) is 0 Å². The third-order valence-electron chi connectivity index (χ3n) is 3.90. The Morgan fingerprint density at radius 2 is 1.63 bits per heavy atom. The van der Waals surface area contributed by atoms with Crippen molar-refractivity contribution in [3.63, 3.8) is 0 Å². The van der Waals surface area contributed by atoms with Gasteiger partial charge in [-0.3, -0.25) is 4.99 Å². The Labute approximate surface area is 182 Å². The Kier molecular flexibility index (Phi) is 19.3. The zero-order chi connectivity index (χ0) is 18.7. The van der Waals surface area contributed by atoms with E-state index in [2.05, 4.69) is 46.8 Å². The molecule has 0 radical (unpaired) electrons. The second-order valence-electron chi connectivity index (χ2n) is 6.15. The highest BCUT2D eigenvalue weighted by molar-refractivity contribution is 14.0. The molecular weight excluding hydrogens is 453 g/mol. The fourth-order valence-corrected chi connectivity index (χ4v) is 2.47. The van der Waals surface area contributed by atoms with Gasteiger partial charge in [-0.2, -0.15) is 0 Å². The van der Waals surface area contributed by atoms with Crippen LogP contribution in [0.25, 0.3) is 0 Å². The first-order valence-corrected chi connectivity index (χ1v) is 10.1. The molecule has 0 atom stereocenters. The topological polar surface area (TPSA) is 54.9 Å². The number of nitrogens with zero attached hydrogens (tertiary/aromatic N) is 1. The first-order valence-electron chi connectivity index (χ1n) is 10.1. The Morgan fingerprint density at radius 3 is 2.37 bits per heavy atom. The van der Waals surface area contributed by atoms with E-state index in [0.717, 1.165) is 84.1 Å². The summed E-state index contributed by atoms with van der Waals surface area (Å²) in [6, 6.07) is 10.5. The van der Waals surface area contributed by atoms with Gasteiger partial charge in [0.1, 0.15) is 0 Å². The molecule has 5 nitrogen and oxygen atoms in total. The molecule has 1 aromatic carbocycles. The monoisotopic (exact) mass is 491 g/mol. The van der Waals surface area contributed by atoms with Crippen molar-refractivity contribution in [3.05, 3.63) is 35.9 Å². The molecule has 0 unspecified atom stereocenters. The predicted octanol–water partition coefficient (Wildman–Crippen LogP) is 4.02. The van der Waals surface area contributed by atoms with Crippen LogP contribution in [0.1, 0.15) is 45.1 Å². The van der Waals surface area contributed by atoms with Gasteiger partial charge >= 0.3 is 0 Å². The molecule has 0 fully saturated rings. The van der Waals surface area contributed by atoms with Gasteiger partial charge in [-0.15, -0.1) is 24.0 Å². The number of aliphatic imine (C=N–C) groups is 1. The number of benzene rings is 1. The Hall–Kier alpha value is -0.860. The van der Waals surface area contributed by atoms with Crippen molar-refractivity contribution >= 4 is 29.9 Å². The minimum absolute atomic E-state index is 0. The summed E-state index contributed by atoms with van der Waals surface area (Å²) in [5.74, 6) is 0.911.